The molecule has 0 spiro atoms. The van der Waals surface area contributed by atoms with Crippen molar-refractivity contribution in [3.05, 3.63) is 88.9 Å². The van der Waals surface area contributed by atoms with Crippen molar-refractivity contribution in [3.63, 3.8) is 0 Å². The first-order chi connectivity index (χ1) is 14.0. The molecule has 0 fully saturated rings. The number of ketones is 1. The molecule has 148 valence electrons. The molecule has 3 aromatic carbocycles. The van der Waals surface area contributed by atoms with Crippen LogP contribution in [0.1, 0.15) is 27.6 Å². The molecular weight excluding hydrogens is 390 g/mol. The Bertz CT molecular complexity index is 1020. The summed E-state index contributed by atoms with van der Waals surface area (Å²) in [6.45, 7) is 1.68. The highest BCUT2D eigenvalue weighted by Crippen LogP contribution is 2.22. The van der Waals surface area contributed by atoms with E-state index in [0.717, 1.165) is 0 Å². The maximum absolute atomic E-state index is 12.6. The minimum atomic E-state index is -0.696. The molecule has 29 heavy (non-hydrogen) atoms. The average molecular weight is 410 g/mol. The fourth-order valence-electron chi connectivity index (χ4n) is 2.74. The van der Waals surface area contributed by atoms with E-state index >= 15 is 0 Å². The van der Waals surface area contributed by atoms with Crippen molar-refractivity contribution >= 4 is 29.0 Å². The van der Waals surface area contributed by atoms with Crippen LogP contribution in [-0.2, 0) is 0 Å². The number of nitrogens with one attached hydrogen (secondary N) is 1. The third-order valence-electron chi connectivity index (χ3n) is 4.27. The molecule has 0 saturated carbocycles. The molecular formula is C23H20ClNO4. The molecule has 0 aliphatic rings. The van der Waals surface area contributed by atoms with E-state index in [1.54, 1.807) is 86.8 Å². The monoisotopic (exact) mass is 409 g/mol. The Morgan fingerprint density at radius 3 is 2.34 bits per heavy atom. The van der Waals surface area contributed by atoms with Gasteiger partial charge in [-0.2, -0.15) is 0 Å². The van der Waals surface area contributed by atoms with Crippen molar-refractivity contribution in [2.75, 3.05) is 12.4 Å². The van der Waals surface area contributed by atoms with Crippen LogP contribution in [-0.4, -0.2) is 24.9 Å². The molecule has 1 amide bonds. The number of carbonyl (C=O) groups excluding carboxylic acids is 2. The zero-order chi connectivity index (χ0) is 20.8. The zero-order valence-electron chi connectivity index (χ0n) is 16.0. The summed E-state index contributed by atoms with van der Waals surface area (Å²) >= 11 is 6.07. The molecule has 1 atom stereocenters. The lowest BCUT2D eigenvalue weighted by Crippen LogP contribution is -2.24. The van der Waals surface area contributed by atoms with Crippen LogP contribution in [0.15, 0.2) is 72.8 Å². The van der Waals surface area contributed by atoms with Crippen LogP contribution >= 0.6 is 11.6 Å². The van der Waals surface area contributed by atoms with Gasteiger partial charge in [0.05, 0.1) is 17.7 Å². The van der Waals surface area contributed by atoms with E-state index in [2.05, 4.69) is 5.32 Å². The van der Waals surface area contributed by atoms with Gasteiger partial charge in [0.15, 0.2) is 6.10 Å². The van der Waals surface area contributed by atoms with Crippen LogP contribution in [0.3, 0.4) is 0 Å². The zero-order valence-corrected chi connectivity index (χ0v) is 16.8. The van der Waals surface area contributed by atoms with Crippen LogP contribution in [0.25, 0.3) is 0 Å². The maximum Gasteiger partial charge on any atom is 0.257 e. The average Bonchev–Trinajstić information content (AvgIpc) is 2.73. The lowest BCUT2D eigenvalue weighted by atomic mass is 10.1. The molecule has 0 aromatic heterocycles. The Morgan fingerprint density at radius 1 is 0.931 bits per heavy atom. The molecule has 5 nitrogen and oxygen atoms in total. The van der Waals surface area contributed by atoms with Gasteiger partial charge in [-0.15, -0.1) is 0 Å². The lowest BCUT2D eigenvalue weighted by molar-refractivity contribution is 0.0818. The molecule has 6 heteroatoms. The summed E-state index contributed by atoms with van der Waals surface area (Å²) in [6.07, 6.45) is -0.696. The van der Waals surface area contributed by atoms with Crippen molar-refractivity contribution in [2.45, 2.75) is 13.0 Å². The van der Waals surface area contributed by atoms with Crippen LogP contribution in [0.5, 0.6) is 11.5 Å². The smallest absolute Gasteiger partial charge is 0.257 e. The highest BCUT2D eigenvalue weighted by atomic mass is 35.5. The summed E-state index contributed by atoms with van der Waals surface area (Å²) in [5, 5.41) is 3.16. The quantitative estimate of drug-likeness (QED) is 0.541. The molecule has 0 bridgehead atoms. The SMILES string of the molecule is COc1ccc(C(=O)C(C)Oc2cccc(NC(=O)c3ccccc3Cl)c2)cc1. The Kier molecular flexibility index (Phi) is 6.52. The molecule has 1 unspecified atom stereocenters. The molecule has 1 N–H and O–H groups in total. The number of hydrogen-bond acceptors (Lipinski definition) is 4. The first-order valence-corrected chi connectivity index (χ1v) is 9.36. The summed E-state index contributed by atoms with van der Waals surface area (Å²) in [5.74, 6) is 0.668. The van der Waals surface area contributed by atoms with Crippen molar-refractivity contribution in [1.29, 1.82) is 0 Å². The second kappa shape index (κ2) is 9.26. The standard InChI is InChI=1S/C23H20ClNO4/c1-15(22(26)16-10-12-18(28-2)13-11-16)29-19-7-5-6-17(14-19)25-23(27)20-8-3-4-9-21(20)24/h3-15H,1-2H3,(H,25,27). The second-order valence-corrected chi connectivity index (χ2v) is 6.72. The number of ether oxygens (including phenoxy) is 2. The normalized spacial score (nSPS) is 11.4. The van der Waals surface area contributed by atoms with E-state index < -0.39 is 6.10 Å². The fraction of sp³-hybridized carbons (Fsp3) is 0.130. The van der Waals surface area contributed by atoms with E-state index in [1.807, 2.05) is 0 Å². The van der Waals surface area contributed by atoms with Gasteiger partial charge in [0.2, 0.25) is 5.78 Å². The van der Waals surface area contributed by atoms with Crippen molar-refractivity contribution in [2.24, 2.45) is 0 Å². The summed E-state index contributed by atoms with van der Waals surface area (Å²) in [7, 11) is 1.57. The number of rotatable bonds is 7. The van der Waals surface area contributed by atoms with Crippen molar-refractivity contribution in [3.8, 4) is 11.5 Å². The Balaban J connectivity index is 1.68. The van der Waals surface area contributed by atoms with Crippen LogP contribution in [0.2, 0.25) is 5.02 Å². The predicted octanol–water partition coefficient (Wildman–Crippen LogP) is 5.25. The van der Waals surface area contributed by atoms with Gasteiger partial charge in [0.1, 0.15) is 11.5 Å². The van der Waals surface area contributed by atoms with Gasteiger partial charge in [0.25, 0.3) is 5.91 Å². The van der Waals surface area contributed by atoms with Crippen LogP contribution < -0.4 is 14.8 Å². The number of carbonyl (C=O) groups is 2. The molecule has 0 radical (unpaired) electrons. The highest BCUT2D eigenvalue weighted by Gasteiger charge is 2.17. The predicted molar refractivity (Wildman–Crippen MR) is 113 cm³/mol. The maximum atomic E-state index is 12.6. The topological polar surface area (TPSA) is 64.6 Å². The van der Waals surface area contributed by atoms with Gasteiger partial charge in [-0.1, -0.05) is 29.8 Å². The van der Waals surface area contributed by atoms with Gasteiger partial charge in [-0.25, -0.2) is 0 Å². The summed E-state index contributed by atoms with van der Waals surface area (Å²) < 4.78 is 10.9. The number of benzene rings is 3. The summed E-state index contributed by atoms with van der Waals surface area (Å²) in [6, 6.07) is 20.5. The van der Waals surface area contributed by atoms with Crippen LogP contribution in [0, 0.1) is 0 Å². The number of hydrogen-bond donors (Lipinski definition) is 1. The molecule has 0 heterocycles. The van der Waals surface area contributed by atoms with Crippen molar-refractivity contribution < 1.29 is 19.1 Å². The van der Waals surface area contributed by atoms with E-state index in [0.29, 0.717) is 33.3 Å². The Hall–Kier alpha value is -3.31. The summed E-state index contributed by atoms with van der Waals surface area (Å²) in [4.78, 5) is 25.0. The third-order valence-corrected chi connectivity index (χ3v) is 4.60. The summed E-state index contributed by atoms with van der Waals surface area (Å²) in [5.41, 5.74) is 1.45. The van der Waals surface area contributed by atoms with Gasteiger partial charge in [-0.05, 0) is 55.5 Å². The second-order valence-electron chi connectivity index (χ2n) is 6.31. The highest BCUT2D eigenvalue weighted by molar-refractivity contribution is 6.34. The van der Waals surface area contributed by atoms with E-state index in [1.165, 1.54) is 0 Å². The molecule has 3 rings (SSSR count). The minimum absolute atomic E-state index is 0.154. The first-order valence-electron chi connectivity index (χ1n) is 8.99. The Morgan fingerprint density at radius 2 is 1.66 bits per heavy atom. The van der Waals surface area contributed by atoms with E-state index in [4.69, 9.17) is 21.1 Å². The molecule has 0 aliphatic carbocycles. The fourth-order valence-corrected chi connectivity index (χ4v) is 2.96. The van der Waals surface area contributed by atoms with Gasteiger partial charge in [-0.3, -0.25) is 9.59 Å². The largest absolute Gasteiger partial charge is 0.497 e. The van der Waals surface area contributed by atoms with Gasteiger partial charge >= 0.3 is 0 Å². The lowest BCUT2D eigenvalue weighted by Gasteiger charge is -2.15. The van der Waals surface area contributed by atoms with E-state index in [-0.39, 0.29) is 11.7 Å². The van der Waals surface area contributed by atoms with Gasteiger partial charge < -0.3 is 14.8 Å². The molecule has 3 aromatic rings. The van der Waals surface area contributed by atoms with Crippen LogP contribution in [0.4, 0.5) is 5.69 Å². The third kappa shape index (κ3) is 5.15. The number of anilines is 1. The number of Topliss-reactive ketones (excluding diaryl/α,β-unsaturated/α-hetero) is 1. The Labute approximate surface area is 174 Å². The number of amides is 1. The first kappa shape index (κ1) is 20.4. The van der Waals surface area contributed by atoms with Crippen molar-refractivity contribution in [1.82, 2.24) is 0 Å². The molecule has 0 saturated heterocycles. The van der Waals surface area contributed by atoms with Gasteiger partial charge in [0, 0.05) is 17.3 Å². The number of methoxy groups -OCH3 is 1. The number of halogens is 1. The van der Waals surface area contributed by atoms with E-state index in [9.17, 15) is 9.59 Å². The minimum Gasteiger partial charge on any atom is -0.497 e. The molecule has 0 aliphatic heterocycles.